The molecule has 0 fully saturated rings. The molecule has 0 saturated carbocycles. The van der Waals surface area contributed by atoms with Crippen LogP contribution in [0.5, 0.6) is 0 Å². The Morgan fingerprint density at radius 2 is 1.45 bits per heavy atom. The lowest BCUT2D eigenvalue weighted by atomic mass is 9.79. The third-order valence-corrected chi connectivity index (χ3v) is 4.13. The van der Waals surface area contributed by atoms with Gasteiger partial charge < -0.3 is 0 Å². The molecule has 0 aromatic heterocycles. The first-order valence-electron chi connectivity index (χ1n) is 6.96. The van der Waals surface area contributed by atoms with Crippen LogP contribution >= 0.6 is 0 Å². The van der Waals surface area contributed by atoms with Gasteiger partial charge in [0, 0.05) is 22.3 Å². The highest BCUT2D eigenvalue weighted by molar-refractivity contribution is 6.28. The second-order valence-electron chi connectivity index (χ2n) is 5.28. The van der Waals surface area contributed by atoms with E-state index in [0.717, 1.165) is 12.0 Å². The molecular formula is C18H16O2. The molecule has 2 nitrogen and oxygen atoms in total. The summed E-state index contributed by atoms with van der Waals surface area (Å²) < 4.78 is 0. The van der Waals surface area contributed by atoms with Gasteiger partial charge in [-0.15, -0.1) is 0 Å². The van der Waals surface area contributed by atoms with Crippen LogP contribution in [0.2, 0.25) is 0 Å². The summed E-state index contributed by atoms with van der Waals surface area (Å²) in [7, 11) is 0. The second kappa shape index (κ2) is 4.71. The van der Waals surface area contributed by atoms with Gasteiger partial charge in [-0.2, -0.15) is 0 Å². The monoisotopic (exact) mass is 264 g/mol. The summed E-state index contributed by atoms with van der Waals surface area (Å²) in [5, 5.41) is 0. The number of ketones is 2. The van der Waals surface area contributed by atoms with Crippen molar-refractivity contribution >= 4 is 11.6 Å². The standard InChI is InChI=1S/C18H16O2/c1-3-11(2)12-9-6-10-15-16(12)18(20)14-8-5-4-7-13(14)17(15)19/h4-11H,3H2,1-2H3. The van der Waals surface area contributed by atoms with Gasteiger partial charge in [-0.3, -0.25) is 9.59 Å². The zero-order valence-electron chi connectivity index (χ0n) is 11.6. The second-order valence-corrected chi connectivity index (χ2v) is 5.28. The van der Waals surface area contributed by atoms with Crippen molar-refractivity contribution in [3.05, 3.63) is 70.3 Å². The Morgan fingerprint density at radius 3 is 2.10 bits per heavy atom. The number of fused-ring (bicyclic) bond motifs is 2. The number of carbonyl (C=O) groups excluding carboxylic acids is 2. The molecule has 0 spiro atoms. The van der Waals surface area contributed by atoms with E-state index in [2.05, 4.69) is 13.8 Å². The van der Waals surface area contributed by atoms with Crippen LogP contribution in [0.15, 0.2) is 42.5 Å². The van der Waals surface area contributed by atoms with Gasteiger partial charge in [0.15, 0.2) is 11.6 Å². The number of hydrogen-bond donors (Lipinski definition) is 0. The lowest BCUT2D eigenvalue weighted by Crippen LogP contribution is -2.23. The smallest absolute Gasteiger partial charge is 0.194 e. The maximum Gasteiger partial charge on any atom is 0.194 e. The van der Waals surface area contributed by atoms with Crippen LogP contribution in [0.3, 0.4) is 0 Å². The average molecular weight is 264 g/mol. The van der Waals surface area contributed by atoms with Crippen molar-refractivity contribution in [1.82, 2.24) is 0 Å². The number of benzene rings is 2. The van der Waals surface area contributed by atoms with Crippen LogP contribution in [0, 0.1) is 0 Å². The molecule has 2 aromatic rings. The zero-order valence-corrected chi connectivity index (χ0v) is 11.6. The van der Waals surface area contributed by atoms with Gasteiger partial charge in [-0.25, -0.2) is 0 Å². The summed E-state index contributed by atoms with van der Waals surface area (Å²) in [4.78, 5) is 25.3. The molecule has 1 unspecified atom stereocenters. The molecule has 0 heterocycles. The molecule has 1 aliphatic rings. The molecule has 0 radical (unpaired) electrons. The highest BCUT2D eigenvalue weighted by Crippen LogP contribution is 2.33. The highest BCUT2D eigenvalue weighted by atomic mass is 16.1. The van der Waals surface area contributed by atoms with Crippen LogP contribution < -0.4 is 0 Å². The Labute approximate surface area is 118 Å². The topological polar surface area (TPSA) is 34.1 Å². The maximum absolute atomic E-state index is 12.7. The minimum atomic E-state index is -0.0413. The van der Waals surface area contributed by atoms with E-state index < -0.39 is 0 Å². The Morgan fingerprint density at radius 1 is 0.850 bits per heavy atom. The number of hydrogen-bond acceptors (Lipinski definition) is 2. The minimum absolute atomic E-state index is 0.0221. The summed E-state index contributed by atoms with van der Waals surface area (Å²) in [5.74, 6) is 0.207. The lowest BCUT2D eigenvalue weighted by molar-refractivity contribution is 0.0978. The van der Waals surface area contributed by atoms with Crippen molar-refractivity contribution < 1.29 is 9.59 Å². The molecule has 1 atom stereocenters. The molecule has 20 heavy (non-hydrogen) atoms. The molecule has 1 aliphatic carbocycles. The normalized spacial score (nSPS) is 14.7. The fraction of sp³-hybridized carbons (Fsp3) is 0.222. The maximum atomic E-state index is 12.7. The first kappa shape index (κ1) is 12.8. The average Bonchev–Trinajstić information content (AvgIpc) is 2.51. The van der Waals surface area contributed by atoms with Crippen molar-refractivity contribution in [2.75, 3.05) is 0 Å². The van der Waals surface area contributed by atoms with Crippen molar-refractivity contribution in [2.45, 2.75) is 26.2 Å². The molecular weight excluding hydrogens is 248 g/mol. The summed E-state index contributed by atoms with van der Waals surface area (Å²) in [6, 6.07) is 12.7. The summed E-state index contributed by atoms with van der Waals surface area (Å²) in [6.45, 7) is 4.18. The number of rotatable bonds is 2. The molecule has 0 N–H and O–H groups in total. The van der Waals surface area contributed by atoms with E-state index in [-0.39, 0.29) is 17.5 Å². The van der Waals surface area contributed by atoms with Crippen LogP contribution in [0.4, 0.5) is 0 Å². The van der Waals surface area contributed by atoms with E-state index in [0.29, 0.717) is 22.3 Å². The predicted octanol–water partition coefficient (Wildman–Crippen LogP) is 3.98. The van der Waals surface area contributed by atoms with E-state index in [1.807, 2.05) is 12.1 Å². The Bertz CT molecular complexity index is 713. The molecule has 0 bridgehead atoms. The molecule has 0 saturated heterocycles. The van der Waals surface area contributed by atoms with Gasteiger partial charge in [0.2, 0.25) is 0 Å². The van der Waals surface area contributed by atoms with Gasteiger partial charge in [0.05, 0.1) is 0 Å². The van der Waals surface area contributed by atoms with Crippen LogP contribution in [-0.2, 0) is 0 Å². The third-order valence-electron chi connectivity index (χ3n) is 4.13. The Kier molecular flexibility index (Phi) is 3.01. The molecule has 2 aromatic carbocycles. The summed E-state index contributed by atoms with van der Waals surface area (Å²) in [6.07, 6.45) is 0.944. The summed E-state index contributed by atoms with van der Waals surface area (Å²) in [5.41, 5.74) is 3.18. The fourth-order valence-corrected chi connectivity index (χ4v) is 2.80. The van der Waals surface area contributed by atoms with E-state index in [4.69, 9.17) is 0 Å². The molecule has 100 valence electrons. The summed E-state index contributed by atoms with van der Waals surface area (Å²) >= 11 is 0. The van der Waals surface area contributed by atoms with Crippen molar-refractivity contribution in [3.8, 4) is 0 Å². The van der Waals surface area contributed by atoms with Gasteiger partial charge in [-0.05, 0) is 17.9 Å². The lowest BCUT2D eigenvalue weighted by Gasteiger charge is -2.22. The van der Waals surface area contributed by atoms with E-state index in [1.54, 1.807) is 30.3 Å². The SMILES string of the molecule is CCC(C)c1cccc2c1C(=O)c1ccccc1C2=O. The quantitative estimate of drug-likeness (QED) is 0.701. The zero-order chi connectivity index (χ0) is 14.3. The van der Waals surface area contributed by atoms with Crippen molar-refractivity contribution in [1.29, 1.82) is 0 Å². The largest absolute Gasteiger partial charge is 0.289 e. The van der Waals surface area contributed by atoms with Crippen LogP contribution in [0.25, 0.3) is 0 Å². The minimum Gasteiger partial charge on any atom is -0.289 e. The van der Waals surface area contributed by atoms with Crippen LogP contribution in [0.1, 0.15) is 63.6 Å². The molecule has 0 aliphatic heterocycles. The van der Waals surface area contributed by atoms with Gasteiger partial charge in [0.1, 0.15) is 0 Å². The molecule has 0 amide bonds. The molecule has 3 rings (SSSR count). The Hall–Kier alpha value is -2.22. The molecule has 2 heteroatoms. The van der Waals surface area contributed by atoms with Crippen LogP contribution in [-0.4, -0.2) is 11.6 Å². The van der Waals surface area contributed by atoms with Gasteiger partial charge in [-0.1, -0.05) is 56.3 Å². The predicted molar refractivity (Wildman–Crippen MR) is 78.5 cm³/mol. The van der Waals surface area contributed by atoms with Crippen molar-refractivity contribution in [3.63, 3.8) is 0 Å². The first-order chi connectivity index (χ1) is 9.65. The van der Waals surface area contributed by atoms with E-state index >= 15 is 0 Å². The van der Waals surface area contributed by atoms with Crippen molar-refractivity contribution in [2.24, 2.45) is 0 Å². The number of carbonyl (C=O) groups is 2. The third kappa shape index (κ3) is 1.72. The first-order valence-corrected chi connectivity index (χ1v) is 6.96. The van der Waals surface area contributed by atoms with E-state index in [1.165, 1.54) is 0 Å². The van der Waals surface area contributed by atoms with Gasteiger partial charge >= 0.3 is 0 Å². The van der Waals surface area contributed by atoms with Gasteiger partial charge in [0.25, 0.3) is 0 Å². The van der Waals surface area contributed by atoms with E-state index in [9.17, 15) is 9.59 Å². The fourth-order valence-electron chi connectivity index (χ4n) is 2.80. The Balaban J connectivity index is 2.28. The highest BCUT2D eigenvalue weighted by Gasteiger charge is 2.31.